The van der Waals surface area contributed by atoms with Crippen molar-refractivity contribution < 1.29 is 22.7 Å². The zero-order valence-electron chi connectivity index (χ0n) is 10.6. The minimum atomic E-state index is -0.781. The van der Waals surface area contributed by atoms with Crippen LogP contribution in [0.25, 0.3) is 0 Å². The lowest BCUT2D eigenvalue weighted by Gasteiger charge is -2.07. The Balaban J connectivity index is 2.28. The molecule has 104 valence electrons. The van der Waals surface area contributed by atoms with Crippen LogP contribution in [0.2, 0.25) is 0 Å². The van der Waals surface area contributed by atoms with Crippen molar-refractivity contribution in [2.24, 2.45) is 0 Å². The summed E-state index contributed by atoms with van der Waals surface area (Å²) in [6.45, 7) is 0. The smallest absolute Gasteiger partial charge is 0.175 e. The van der Waals surface area contributed by atoms with Gasteiger partial charge in [-0.15, -0.1) is 0 Å². The first-order chi connectivity index (χ1) is 9.51. The summed E-state index contributed by atoms with van der Waals surface area (Å²) in [6, 6.07) is 6.95. The van der Waals surface area contributed by atoms with Crippen molar-refractivity contribution in [3.63, 3.8) is 0 Å². The first-order valence-corrected chi connectivity index (χ1v) is 5.82. The molecule has 0 spiro atoms. The van der Waals surface area contributed by atoms with Gasteiger partial charge in [-0.25, -0.2) is 13.2 Å². The highest BCUT2D eigenvalue weighted by Gasteiger charge is 2.16. The lowest BCUT2D eigenvalue weighted by molar-refractivity contribution is 0.0988. The van der Waals surface area contributed by atoms with E-state index in [2.05, 4.69) is 0 Å². The number of methoxy groups -OCH3 is 1. The third-order valence-corrected chi connectivity index (χ3v) is 2.77. The molecular formula is C15H11F3O2. The number of hydrogen-bond donors (Lipinski definition) is 0. The van der Waals surface area contributed by atoms with Gasteiger partial charge in [-0.1, -0.05) is 6.07 Å². The fourth-order valence-electron chi connectivity index (χ4n) is 1.88. The maximum atomic E-state index is 13.9. The summed E-state index contributed by atoms with van der Waals surface area (Å²) >= 11 is 0. The normalized spacial score (nSPS) is 10.4. The molecule has 2 aromatic rings. The van der Waals surface area contributed by atoms with E-state index in [0.717, 1.165) is 12.1 Å². The number of carbonyl (C=O) groups excluding carboxylic acids is 1. The van der Waals surface area contributed by atoms with E-state index in [-0.39, 0.29) is 23.3 Å². The van der Waals surface area contributed by atoms with Crippen molar-refractivity contribution in [1.82, 2.24) is 0 Å². The minimum Gasteiger partial charge on any atom is -0.494 e. The van der Waals surface area contributed by atoms with Crippen LogP contribution in [-0.2, 0) is 6.42 Å². The second-order valence-electron chi connectivity index (χ2n) is 4.20. The highest BCUT2D eigenvalue weighted by Crippen LogP contribution is 2.21. The van der Waals surface area contributed by atoms with E-state index >= 15 is 0 Å². The highest BCUT2D eigenvalue weighted by atomic mass is 19.1. The third kappa shape index (κ3) is 2.99. The van der Waals surface area contributed by atoms with Gasteiger partial charge in [-0.3, -0.25) is 4.79 Å². The fourth-order valence-corrected chi connectivity index (χ4v) is 1.88. The van der Waals surface area contributed by atoms with Crippen LogP contribution in [0.1, 0.15) is 15.9 Å². The van der Waals surface area contributed by atoms with E-state index in [1.807, 2.05) is 0 Å². The number of hydrogen-bond acceptors (Lipinski definition) is 2. The molecule has 5 heteroatoms. The Bertz CT molecular complexity index is 633. The predicted octanol–water partition coefficient (Wildman–Crippen LogP) is 3.54. The summed E-state index contributed by atoms with van der Waals surface area (Å²) in [5.74, 6) is -2.97. The van der Waals surface area contributed by atoms with Gasteiger partial charge < -0.3 is 4.74 Å². The SMILES string of the molecule is COc1cccc(C(=O)Cc2cc(F)cc(F)c2)c1F. The molecule has 2 aromatic carbocycles. The summed E-state index contributed by atoms with van der Waals surface area (Å²) in [5, 5.41) is 0. The number of carbonyl (C=O) groups is 1. The van der Waals surface area contributed by atoms with Crippen molar-refractivity contribution in [1.29, 1.82) is 0 Å². The number of ether oxygens (including phenoxy) is 1. The Hall–Kier alpha value is -2.30. The molecule has 0 fully saturated rings. The van der Waals surface area contributed by atoms with Gasteiger partial charge in [0, 0.05) is 12.5 Å². The summed E-state index contributed by atoms with van der Waals surface area (Å²) in [4.78, 5) is 12.0. The Kier molecular flexibility index (Phi) is 4.08. The highest BCUT2D eigenvalue weighted by molar-refractivity contribution is 5.98. The van der Waals surface area contributed by atoms with Crippen LogP contribution in [0.4, 0.5) is 13.2 Å². The number of benzene rings is 2. The van der Waals surface area contributed by atoms with Gasteiger partial charge in [0.05, 0.1) is 12.7 Å². The van der Waals surface area contributed by atoms with Gasteiger partial charge >= 0.3 is 0 Å². The number of ketones is 1. The third-order valence-electron chi connectivity index (χ3n) is 2.77. The molecule has 0 radical (unpaired) electrons. The summed E-state index contributed by atoms with van der Waals surface area (Å²) in [7, 11) is 1.29. The van der Waals surface area contributed by atoms with Crippen molar-refractivity contribution in [3.8, 4) is 5.75 Å². The lowest BCUT2D eigenvalue weighted by atomic mass is 10.0. The molecule has 0 aliphatic rings. The van der Waals surface area contributed by atoms with E-state index < -0.39 is 23.2 Å². The molecule has 0 saturated heterocycles. The quantitative estimate of drug-likeness (QED) is 0.801. The van der Waals surface area contributed by atoms with Crippen LogP contribution in [0, 0.1) is 17.5 Å². The molecule has 0 aromatic heterocycles. The zero-order valence-corrected chi connectivity index (χ0v) is 10.6. The van der Waals surface area contributed by atoms with E-state index in [0.29, 0.717) is 6.07 Å². The number of halogens is 3. The van der Waals surface area contributed by atoms with E-state index in [4.69, 9.17) is 4.74 Å². The summed E-state index contributed by atoms with van der Waals surface area (Å²) in [6.07, 6.45) is -0.293. The second-order valence-corrected chi connectivity index (χ2v) is 4.20. The Morgan fingerprint density at radius 2 is 1.75 bits per heavy atom. The van der Waals surface area contributed by atoms with Crippen LogP contribution < -0.4 is 4.74 Å². The molecule has 20 heavy (non-hydrogen) atoms. The fraction of sp³-hybridized carbons (Fsp3) is 0.133. The molecule has 2 rings (SSSR count). The molecule has 0 atom stereocenters. The van der Waals surface area contributed by atoms with E-state index in [1.54, 1.807) is 0 Å². The first kappa shape index (κ1) is 14.1. The molecule has 0 heterocycles. The van der Waals surface area contributed by atoms with Gasteiger partial charge in [0.25, 0.3) is 0 Å². The van der Waals surface area contributed by atoms with Gasteiger partial charge in [0.15, 0.2) is 17.3 Å². The molecule has 2 nitrogen and oxygen atoms in total. The molecular weight excluding hydrogens is 269 g/mol. The van der Waals surface area contributed by atoms with Crippen molar-refractivity contribution in [2.45, 2.75) is 6.42 Å². The van der Waals surface area contributed by atoms with Crippen LogP contribution in [-0.4, -0.2) is 12.9 Å². The molecule has 0 aliphatic heterocycles. The number of Topliss-reactive ketones (excluding diaryl/α,β-unsaturated/α-hetero) is 1. The van der Waals surface area contributed by atoms with Gasteiger partial charge in [-0.2, -0.15) is 0 Å². The Labute approximate surface area is 113 Å². The van der Waals surface area contributed by atoms with Crippen molar-refractivity contribution in [2.75, 3.05) is 7.11 Å². The average Bonchev–Trinajstić information content (AvgIpc) is 2.37. The van der Waals surface area contributed by atoms with Crippen LogP contribution in [0.5, 0.6) is 5.75 Å². The van der Waals surface area contributed by atoms with Gasteiger partial charge in [0.1, 0.15) is 11.6 Å². The van der Waals surface area contributed by atoms with Gasteiger partial charge in [0.2, 0.25) is 0 Å². The number of rotatable bonds is 4. The molecule has 0 N–H and O–H groups in total. The monoisotopic (exact) mass is 280 g/mol. The second kappa shape index (κ2) is 5.77. The van der Waals surface area contributed by atoms with Crippen LogP contribution >= 0.6 is 0 Å². The summed E-state index contributed by atoms with van der Waals surface area (Å²) in [5.41, 5.74) is -0.0243. The van der Waals surface area contributed by atoms with Gasteiger partial charge in [-0.05, 0) is 29.8 Å². The predicted molar refractivity (Wildman–Crippen MR) is 67.3 cm³/mol. The molecule has 0 bridgehead atoms. The summed E-state index contributed by atoms with van der Waals surface area (Å²) < 4.78 is 44.7. The topological polar surface area (TPSA) is 26.3 Å². The maximum absolute atomic E-state index is 13.9. The molecule has 0 saturated carbocycles. The average molecular weight is 280 g/mol. The van der Waals surface area contributed by atoms with E-state index in [9.17, 15) is 18.0 Å². The molecule has 0 amide bonds. The lowest BCUT2D eigenvalue weighted by Crippen LogP contribution is -2.07. The Morgan fingerprint density at radius 1 is 1.10 bits per heavy atom. The minimum absolute atomic E-state index is 0.0544. The van der Waals surface area contributed by atoms with E-state index in [1.165, 1.54) is 25.3 Å². The molecule has 0 aliphatic carbocycles. The Morgan fingerprint density at radius 3 is 2.35 bits per heavy atom. The van der Waals surface area contributed by atoms with Crippen molar-refractivity contribution >= 4 is 5.78 Å². The van der Waals surface area contributed by atoms with Crippen LogP contribution in [0.15, 0.2) is 36.4 Å². The van der Waals surface area contributed by atoms with Crippen molar-refractivity contribution in [3.05, 3.63) is 65.0 Å². The largest absolute Gasteiger partial charge is 0.494 e. The molecule has 0 unspecified atom stereocenters. The maximum Gasteiger partial charge on any atom is 0.175 e. The van der Waals surface area contributed by atoms with Crippen LogP contribution in [0.3, 0.4) is 0 Å². The zero-order chi connectivity index (χ0) is 14.7. The first-order valence-electron chi connectivity index (χ1n) is 5.82. The standard InChI is InChI=1S/C15H11F3O2/c1-20-14-4-2-3-12(15(14)18)13(19)7-9-5-10(16)8-11(17)6-9/h2-6,8H,7H2,1H3.